The van der Waals surface area contributed by atoms with Crippen LogP contribution < -0.4 is 10.1 Å². The van der Waals surface area contributed by atoms with Crippen molar-refractivity contribution in [1.82, 2.24) is 4.98 Å². The van der Waals surface area contributed by atoms with Gasteiger partial charge in [0.05, 0.1) is 30.4 Å². The smallest absolute Gasteiger partial charge is 0.121 e. The Morgan fingerprint density at radius 2 is 1.70 bits per heavy atom. The molecule has 3 aromatic carbocycles. The summed E-state index contributed by atoms with van der Waals surface area (Å²) in [5.74, 6) is 0.784. The van der Waals surface area contributed by atoms with Crippen LogP contribution >= 0.6 is 0 Å². The number of aliphatic hydroxyl groups is 1. The van der Waals surface area contributed by atoms with Crippen molar-refractivity contribution < 1.29 is 9.84 Å². The second kappa shape index (κ2) is 6.89. The highest BCUT2D eigenvalue weighted by atomic mass is 16.5. The quantitative estimate of drug-likeness (QED) is 0.489. The van der Waals surface area contributed by atoms with Gasteiger partial charge in [-0.05, 0) is 66.9 Å². The number of anilines is 2. The Bertz CT molecular complexity index is 1150. The molecule has 4 heteroatoms. The molecule has 0 aliphatic carbocycles. The molecule has 4 aromatic rings. The van der Waals surface area contributed by atoms with Gasteiger partial charge < -0.3 is 15.2 Å². The molecule has 0 aliphatic heterocycles. The van der Waals surface area contributed by atoms with E-state index < -0.39 is 0 Å². The van der Waals surface area contributed by atoms with Crippen LogP contribution in [0, 0.1) is 13.8 Å². The number of methoxy groups -OCH3 is 1. The molecular weight excluding hydrogens is 336 g/mol. The zero-order valence-electron chi connectivity index (χ0n) is 15.7. The first-order chi connectivity index (χ1) is 13.1. The molecule has 0 amide bonds. The summed E-state index contributed by atoms with van der Waals surface area (Å²) in [6, 6.07) is 18.1. The zero-order valence-corrected chi connectivity index (χ0v) is 15.7. The lowest BCUT2D eigenvalue weighted by atomic mass is 10.0. The van der Waals surface area contributed by atoms with Gasteiger partial charge in [0, 0.05) is 22.5 Å². The molecular formula is C23H22N2O2. The third kappa shape index (κ3) is 3.20. The van der Waals surface area contributed by atoms with Crippen LogP contribution in [0.25, 0.3) is 21.8 Å². The van der Waals surface area contributed by atoms with E-state index in [1.807, 2.05) is 42.5 Å². The van der Waals surface area contributed by atoms with E-state index in [1.54, 1.807) is 7.11 Å². The van der Waals surface area contributed by atoms with Gasteiger partial charge in [0.25, 0.3) is 0 Å². The van der Waals surface area contributed by atoms with Crippen molar-refractivity contribution in [2.45, 2.75) is 20.5 Å². The highest BCUT2D eigenvalue weighted by molar-refractivity contribution is 6.09. The fraction of sp³-hybridized carbons (Fsp3) is 0.174. The predicted molar refractivity (Wildman–Crippen MR) is 111 cm³/mol. The van der Waals surface area contributed by atoms with E-state index in [9.17, 15) is 5.11 Å². The average molecular weight is 358 g/mol. The minimum Gasteiger partial charge on any atom is -0.497 e. The summed E-state index contributed by atoms with van der Waals surface area (Å²) in [6.45, 7) is 4.23. The number of ether oxygens (including phenoxy) is 1. The highest BCUT2D eigenvalue weighted by Crippen LogP contribution is 2.36. The van der Waals surface area contributed by atoms with Crippen molar-refractivity contribution >= 4 is 33.2 Å². The van der Waals surface area contributed by atoms with Crippen LogP contribution in [-0.2, 0) is 6.61 Å². The Hall–Kier alpha value is -3.11. The monoisotopic (exact) mass is 358 g/mol. The Morgan fingerprint density at radius 1 is 0.926 bits per heavy atom. The largest absolute Gasteiger partial charge is 0.497 e. The molecule has 0 unspecified atom stereocenters. The van der Waals surface area contributed by atoms with E-state index >= 15 is 0 Å². The van der Waals surface area contributed by atoms with E-state index in [0.717, 1.165) is 44.5 Å². The molecule has 0 fully saturated rings. The maximum absolute atomic E-state index is 9.44. The minimum absolute atomic E-state index is 0.0167. The fourth-order valence-electron chi connectivity index (χ4n) is 3.34. The summed E-state index contributed by atoms with van der Waals surface area (Å²) in [5, 5.41) is 15.1. The van der Waals surface area contributed by atoms with E-state index in [2.05, 4.69) is 31.3 Å². The molecule has 4 nitrogen and oxygen atoms in total. The van der Waals surface area contributed by atoms with Crippen molar-refractivity contribution in [3.63, 3.8) is 0 Å². The summed E-state index contributed by atoms with van der Waals surface area (Å²) in [5.41, 5.74) is 7.08. The van der Waals surface area contributed by atoms with Crippen LogP contribution in [0.1, 0.15) is 16.7 Å². The van der Waals surface area contributed by atoms with E-state index in [1.165, 1.54) is 11.1 Å². The molecule has 0 atom stereocenters. The molecule has 0 bridgehead atoms. The lowest BCUT2D eigenvalue weighted by molar-refractivity contribution is 0.282. The highest BCUT2D eigenvalue weighted by Gasteiger charge is 2.12. The van der Waals surface area contributed by atoms with E-state index in [4.69, 9.17) is 9.72 Å². The molecule has 0 saturated carbocycles. The summed E-state index contributed by atoms with van der Waals surface area (Å²) in [6.07, 6.45) is 0. The van der Waals surface area contributed by atoms with Crippen molar-refractivity contribution in [3.05, 3.63) is 71.3 Å². The number of aromatic nitrogens is 1. The molecule has 136 valence electrons. The number of nitrogens with zero attached hydrogens (tertiary/aromatic N) is 1. The van der Waals surface area contributed by atoms with Gasteiger partial charge in [0.2, 0.25) is 0 Å². The van der Waals surface area contributed by atoms with Crippen molar-refractivity contribution in [2.75, 3.05) is 12.4 Å². The summed E-state index contributed by atoms with van der Waals surface area (Å²) in [4.78, 5) is 4.86. The first kappa shape index (κ1) is 17.3. The second-order valence-electron chi connectivity index (χ2n) is 6.81. The van der Waals surface area contributed by atoms with Crippen LogP contribution in [0.3, 0.4) is 0 Å². The Balaban J connectivity index is 1.99. The lowest BCUT2D eigenvalue weighted by Gasteiger charge is -2.16. The molecule has 4 rings (SSSR count). The van der Waals surface area contributed by atoms with Gasteiger partial charge in [-0.15, -0.1) is 0 Å². The summed E-state index contributed by atoms with van der Waals surface area (Å²) in [7, 11) is 1.66. The topological polar surface area (TPSA) is 54.4 Å². The van der Waals surface area contributed by atoms with Gasteiger partial charge in [-0.25, -0.2) is 4.98 Å². The summed E-state index contributed by atoms with van der Waals surface area (Å²) >= 11 is 0. The van der Waals surface area contributed by atoms with Crippen LogP contribution in [-0.4, -0.2) is 17.2 Å². The third-order valence-corrected chi connectivity index (χ3v) is 4.98. The van der Waals surface area contributed by atoms with Gasteiger partial charge >= 0.3 is 0 Å². The first-order valence-electron chi connectivity index (χ1n) is 8.94. The van der Waals surface area contributed by atoms with Crippen molar-refractivity contribution in [2.24, 2.45) is 0 Å². The zero-order chi connectivity index (χ0) is 19.0. The summed E-state index contributed by atoms with van der Waals surface area (Å²) < 4.78 is 5.38. The lowest BCUT2D eigenvalue weighted by Crippen LogP contribution is -1.98. The maximum atomic E-state index is 9.44. The van der Waals surface area contributed by atoms with Crippen molar-refractivity contribution in [3.8, 4) is 5.75 Å². The minimum atomic E-state index is 0.0167. The SMILES string of the molecule is COc1ccc2c(Nc3cccc(CO)c3)c3cc(C)c(C)cc3nc2c1. The van der Waals surface area contributed by atoms with Crippen molar-refractivity contribution in [1.29, 1.82) is 0 Å². The molecule has 27 heavy (non-hydrogen) atoms. The van der Waals surface area contributed by atoms with E-state index in [0.29, 0.717) is 0 Å². The van der Waals surface area contributed by atoms with Crippen LogP contribution in [0.15, 0.2) is 54.6 Å². The average Bonchev–Trinajstić information content (AvgIpc) is 2.69. The maximum Gasteiger partial charge on any atom is 0.121 e. The first-order valence-corrected chi connectivity index (χ1v) is 8.94. The number of fused-ring (bicyclic) bond motifs is 2. The predicted octanol–water partition coefficient (Wildman–Crippen LogP) is 5.25. The fourth-order valence-corrected chi connectivity index (χ4v) is 3.34. The molecule has 1 heterocycles. The van der Waals surface area contributed by atoms with Gasteiger partial charge in [0.1, 0.15) is 5.75 Å². The Morgan fingerprint density at radius 3 is 2.48 bits per heavy atom. The van der Waals surface area contributed by atoms with Gasteiger partial charge in [-0.1, -0.05) is 12.1 Å². The number of aryl methyl sites for hydroxylation is 2. The van der Waals surface area contributed by atoms with Gasteiger partial charge in [0.15, 0.2) is 0 Å². The Kier molecular flexibility index (Phi) is 4.42. The standard InChI is InChI=1S/C23H22N2O2/c1-14-9-20-21(10-15(14)2)25-22-12-18(27-3)7-8-19(22)23(20)24-17-6-4-5-16(11-17)13-26/h4-12,26H,13H2,1-3H3,(H,24,25). The van der Waals surface area contributed by atoms with E-state index in [-0.39, 0.29) is 6.61 Å². The molecule has 1 aromatic heterocycles. The van der Waals surface area contributed by atoms with Crippen LogP contribution in [0.2, 0.25) is 0 Å². The molecule has 0 aliphatic rings. The second-order valence-corrected chi connectivity index (χ2v) is 6.81. The van der Waals surface area contributed by atoms with Gasteiger partial charge in [-0.2, -0.15) is 0 Å². The number of aliphatic hydroxyl groups excluding tert-OH is 1. The van der Waals surface area contributed by atoms with Gasteiger partial charge in [-0.3, -0.25) is 0 Å². The molecule has 0 radical (unpaired) electrons. The number of rotatable bonds is 4. The van der Waals surface area contributed by atoms with Crippen LogP contribution in [0.4, 0.5) is 11.4 Å². The van der Waals surface area contributed by atoms with Crippen LogP contribution in [0.5, 0.6) is 5.75 Å². The number of pyridine rings is 1. The third-order valence-electron chi connectivity index (χ3n) is 4.98. The number of nitrogens with one attached hydrogen (secondary N) is 1. The Labute approximate surface area is 158 Å². The molecule has 0 saturated heterocycles. The number of hydrogen-bond acceptors (Lipinski definition) is 4. The number of hydrogen-bond donors (Lipinski definition) is 2. The number of benzene rings is 3. The molecule has 2 N–H and O–H groups in total. The molecule has 0 spiro atoms. The normalized spacial score (nSPS) is 11.1.